The molecule has 0 aliphatic heterocycles. The van der Waals surface area contributed by atoms with Crippen molar-refractivity contribution in [3.8, 4) is 5.75 Å². The second kappa shape index (κ2) is 6.28. The Kier molecular flexibility index (Phi) is 4.67. The Hall–Kier alpha value is -1.53. The van der Waals surface area contributed by atoms with E-state index in [9.17, 15) is 8.78 Å². The lowest BCUT2D eigenvalue weighted by molar-refractivity contribution is 0.302. The molecule has 0 saturated carbocycles. The number of hydrogen-bond donors (Lipinski definition) is 1. The Morgan fingerprint density at radius 1 is 1.15 bits per heavy atom. The van der Waals surface area contributed by atoms with E-state index < -0.39 is 11.6 Å². The second-order valence-electron chi connectivity index (χ2n) is 4.08. The van der Waals surface area contributed by atoms with Gasteiger partial charge in [-0.2, -0.15) is 0 Å². The topological polar surface area (TPSA) is 35.2 Å². The molecule has 0 aromatic heterocycles. The summed E-state index contributed by atoms with van der Waals surface area (Å²) >= 11 is 8.06. The van der Waals surface area contributed by atoms with Crippen LogP contribution in [0.1, 0.15) is 11.1 Å². The van der Waals surface area contributed by atoms with Crippen LogP contribution >= 0.6 is 28.1 Å². The van der Waals surface area contributed by atoms with Crippen LogP contribution in [0.4, 0.5) is 8.78 Å². The minimum atomic E-state index is -0.452. The van der Waals surface area contributed by atoms with Gasteiger partial charge < -0.3 is 10.5 Å². The van der Waals surface area contributed by atoms with Gasteiger partial charge in [0.25, 0.3) is 0 Å². The zero-order valence-electron chi connectivity index (χ0n) is 10.2. The number of hydrogen-bond acceptors (Lipinski definition) is 2. The first-order valence-corrected chi connectivity index (χ1v) is 6.83. The van der Waals surface area contributed by atoms with Gasteiger partial charge in [-0.1, -0.05) is 12.2 Å². The van der Waals surface area contributed by atoms with E-state index in [4.69, 9.17) is 22.7 Å². The summed E-state index contributed by atoms with van der Waals surface area (Å²) in [6.45, 7) is 0.0788. The van der Waals surface area contributed by atoms with Gasteiger partial charge in [0.05, 0.1) is 4.47 Å². The molecule has 2 nitrogen and oxygen atoms in total. The monoisotopic (exact) mass is 357 g/mol. The van der Waals surface area contributed by atoms with Crippen molar-refractivity contribution in [2.24, 2.45) is 5.73 Å². The summed E-state index contributed by atoms with van der Waals surface area (Å²) in [6, 6.07) is 8.30. The smallest absolute Gasteiger partial charge is 0.136 e. The third-order valence-electron chi connectivity index (χ3n) is 2.53. The fourth-order valence-electron chi connectivity index (χ4n) is 1.62. The molecular formula is C14H10BrF2NOS. The highest BCUT2D eigenvalue weighted by Crippen LogP contribution is 2.26. The summed E-state index contributed by atoms with van der Waals surface area (Å²) in [4.78, 5) is 0.109. The van der Waals surface area contributed by atoms with Crippen molar-refractivity contribution < 1.29 is 13.5 Å². The largest absolute Gasteiger partial charge is 0.488 e. The van der Waals surface area contributed by atoms with Crippen LogP contribution in [0.2, 0.25) is 0 Å². The molecule has 0 fully saturated rings. The summed E-state index contributed by atoms with van der Waals surface area (Å²) < 4.78 is 32.6. The summed E-state index contributed by atoms with van der Waals surface area (Å²) in [5.41, 5.74) is 6.46. The predicted octanol–water partition coefficient (Wildman–Crippen LogP) is 3.94. The summed E-state index contributed by atoms with van der Waals surface area (Å²) in [5.74, 6) is -0.524. The van der Waals surface area contributed by atoms with Gasteiger partial charge in [0, 0.05) is 11.6 Å². The first kappa shape index (κ1) is 14.9. The standard InChI is InChI=1S/C14H10BrF2NOS/c15-12-2-1-10(16)6-13(12)19-7-8-3-9(14(18)20)5-11(17)4-8/h1-6H,7H2,(H2,18,20). The van der Waals surface area contributed by atoms with Gasteiger partial charge in [0.2, 0.25) is 0 Å². The Labute approximate surface area is 128 Å². The lowest BCUT2D eigenvalue weighted by Gasteiger charge is -2.09. The van der Waals surface area contributed by atoms with Crippen LogP contribution in [0.15, 0.2) is 40.9 Å². The molecule has 0 heterocycles. The van der Waals surface area contributed by atoms with E-state index in [1.165, 1.54) is 30.3 Å². The van der Waals surface area contributed by atoms with Crippen molar-refractivity contribution in [3.63, 3.8) is 0 Å². The van der Waals surface area contributed by atoms with Crippen molar-refractivity contribution >= 4 is 33.1 Å². The van der Waals surface area contributed by atoms with Gasteiger partial charge in [-0.3, -0.25) is 0 Å². The van der Waals surface area contributed by atoms with Gasteiger partial charge in [-0.25, -0.2) is 8.78 Å². The van der Waals surface area contributed by atoms with Gasteiger partial charge in [-0.05, 0) is 51.8 Å². The molecule has 20 heavy (non-hydrogen) atoms. The normalized spacial score (nSPS) is 10.3. The molecule has 2 rings (SSSR count). The SMILES string of the molecule is NC(=S)c1cc(F)cc(COc2cc(F)ccc2Br)c1. The maximum atomic E-state index is 13.4. The number of rotatable bonds is 4. The number of benzene rings is 2. The zero-order valence-corrected chi connectivity index (χ0v) is 12.6. The highest BCUT2D eigenvalue weighted by molar-refractivity contribution is 9.10. The van der Waals surface area contributed by atoms with Crippen LogP contribution in [-0.4, -0.2) is 4.99 Å². The van der Waals surface area contributed by atoms with Gasteiger partial charge in [0.15, 0.2) is 0 Å². The molecule has 0 aliphatic rings. The molecule has 0 spiro atoms. The van der Waals surface area contributed by atoms with Crippen molar-refractivity contribution in [1.82, 2.24) is 0 Å². The first-order chi connectivity index (χ1) is 9.45. The molecule has 0 unspecified atom stereocenters. The van der Waals surface area contributed by atoms with Crippen LogP contribution in [-0.2, 0) is 6.61 Å². The maximum Gasteiger partial charge on any atom is 0.136 e. The molecule has 0 bridgehead atoms. The van der Waals surface area contributed by atoms with Gasteiger partial charge in [-0.15, -0.1) is 0 Å². The maximum absolute atomic E-state index is 13.4. The molecule has 2 N–H and O–H groups in total. The summed E-state index contributed by atoms with van der Waals surface area (Å²) in [7, 11) is 0. The molecule has 2 aromatic rings. The Morgan fingerprint density at radius 2 is 1.90 bits per heavy atom. The molecule has 0 amide bonds. The minimum Gasteiger partial charge on any atom is -0.488 e. The van der Waals surface area contributed by atoms with Crippen molar-refractivity contribution in [2.45, 2.75) is 6.61 Å². The van der Waals surface area contributed by atoms with Crippen LogP contribution in [0.3, 0.4) is 0 Å². The third-order valence-corrected chi connectivity index (χ3v) is 3.42. The molecule has 0 saturated heterocycles. The fraction of sp³-hybridized carbons (Fsp3) is 0.0714. The van der Waals surface area contributed by atoms with E-state index in [0.29, 0.717) is 21.3 Å². The van der Waals surface area contributed by atoms with Crippen LogP contribution < -0.4 is 10.5 Å². The summed E-state index contributed by atoms with van der Waals surface area (Å²) in [5, 5.41) is 0. The Bertz CT molecular complexity index is 664. The fourth-order valence-corrected chi connectivity index (χ4v) is 2.10. The third kappa shape index (κ3) is 3.74. The number of thiocarbonyl (C=S) groups is 1. The van der Waals surface area contributed by atoms with Crippen molar-refractivity contribution in [2.75, 3.05) is 0 Å². The van der Waals surface area contributed by atoms with E-state index in [2.05, 4.69) is 15.9 Å². The van der Waals surface area contributed by atoms with Gasteiger partial charge >= 0.3 is 0 Å². The number of ether oxygens (including phenoxy) is 1. The van der Waals surface area contributed by atoms with Crippen molar-refractivity contribution in [3.05, 3.63) is 63.6 Å². The zero-order chi connectivity index (χ0) is 14.7. The molecule has 104 valence electrons. The predicted molar refractivity (Wildman–Crippen MR) is 80.7 cm³/mol. The minimum absolute atomic E-state index is 0.0788. The summed E-state index contributed by atoms with van der Waals surface area (Å²) in [6.07, 6.45) is 0. The number of nitrogens with two attached hydrogens (primary N) is 1. The second-order valence-corrected chi connectivity index (χ2v) is 5.37. The van der Waals surface area contributed by atoms with Crippen LogP contribution in [0.25, 0.3) is 0 Å². The highest BCUT2D eigenvalue weighted by Gasteiger charge is 2.06. The van der Waals surface area contributed by atoms with Gasteiger partial charge in [0.1, 0.15) is 29.0 Å². The van der Waals surface area contributed by atoms with E-state index in [1.807, 2.05) is 0 Å². The molecule has 2 aromatic carbocycles. The highest BCUT2D eigenvalue weighted by atomic mass is 79.9. The molecule has 0 aliphatic carbocycles. The molecule has 0 atom stereocenters. The lowest BCUT2D eigenvalue weighted by Crippen LogP contribution is -2.10. The van der Waals surface area contributed by atoms with E-state index in [0.717, 1.165) is 0 Å². The molecular weight excluding hydrogens is 348 g/mol. The average Bonchev–Trinajstić information content (AvgIpc) is 2.39. The quantitative estimate of drug-likeness (QED) is 0.841. The molecule has 0 radical (unpaired) electrons. The molecule has 6 heteroatoms. The number of halogens is 3. The Balaban J connectivity index is 2.18. The van der Waals surface area contributed by atoms with Crippen LogP contribution in [0, 0.1) is 11.6 Å². The van der Waals surface area contributed by atoms with Crippen molar-refractivity contribution in [1.29, 1.82) is 0 Å². The van der Waals surface area contributed by atoms with Crippen LogP contribution in [0.5, 0.6) is 5.75 Å². The lowest BCUT2D eigenvalue weighted by atomic mass is 10.1. The average molecular weight is 358 g/mol. The van der Waals surface area contributed by atoms with E-state index in [1.54, 1.807) is 6.07 Å². The van der Waals surface area contributed by atoms with E-state index >= 15 is 0 Å². The van der Waals surface area contributed by atoms with E-state index in [-0.39, 0.29) is 11.6 Å². The first-order valence-electron chi connectivity index (χ1n) is 5.63. The Morgan fingerprint density at radius 3 is 2.60 bits per heavy atom.